The highest BCUT2D eigenvalue weighted by Gasteiger charge is 2.15. The van der Waals surface area contributed by atoms with Gasteiger partial charge in [0.25, 0.3) is 0 Å². The maximum absolute atomic E-state index is 5.66. The fourth-order valence-electron chi connectivity index (χ4n) is 1.85. The summed E-state index contributed by atoms with van der Waals surface area (Å²) in [6.07, 6.45) is 2.24. The highest BCUT2D eigenvalue weighted by Crippen LogP contribution is 2.29. The van der Waals surface area contributed by atoms with E-state index in [0.717, 1.165) is 36.6 Å². The van der Waals surface area contributed by atoms with E-state index in [1.54, 1.807) is 0 Å². The zero-order chi connectivity index (χ0) is 10.1. The van der Waals surface area contributed by atoms with Crippen molar-refractivity contribution in [1.82, 2.24) is 4.98 Å². The Balaban J connectivity index is 2.46. The maximum atomic E-state index is 5.66. The average molecular weight is 191 g/mol. The molecule has 0 spiro atoms. The number of pyridine rings is 1. The quantitative estimate of drug-likeness (QED) is 0.681. The Kier molecular flexibility index (Phi) is 2.44. The van der Waals surface area contributed by atoms with Crippen molar-refractivity contribution in [2.24, 2.45) is 0 Å². The van der Waals surface area contributed by atoms with Crippen LogP contribution in [0.4, 0.5) is 0 Å². The van der Waals surface area contributed by atoms with Gasteiger partial charge in [-0.25, -0.2) is 0 Å². The first-order chi connectivity index (χ1) is 6.68. The Morgan fingerprint density at radius 3 is 2.93 bits per heavy atom. The van der Waals surface area contributed by atoms with E-state index in [1.165, 1.54) is 5.56 Å². The van der Waals surface area contributed by atoms with Crippen molar-refractivity contribution >= 4 is 0 Å². The van der Waals surface area contributed by atoms with Gasteiger partial charge in [-0.05, 0) is 25.7 Å². The summed E-state index contributed by atoms with van der Waals surface area (Å²) in [4.78, 5) is 4.61. The second kappa shape index (κ2) is 3.60. The molecule has 0 fully saturated rings. The van der Waals surface area contributed by atoms with E-state index in [0.29, 0.717) is 5.92 Å². The minimum Gasteiger partial charge on any atom is -0.493 e. The number of aryl methyl sites for hydroxylation is 1. The summed E-state index contributed by atoms with van der Waals surface area (Å²) in [5.41, 5.74) is 3.59. The van der Waals surface area contributed by atoms with Gasteiger partial charge in [0.2, 0.25) is 0 Å². The van der Waals surface area contributed by atoms with Crippen molar-refractivity contribution in [2.45, 2.75) is 39.5 Å². The summed E-state index contributed by atoms with van der Waals surface area (Å²) in [6.45, 7) is 7.27. The van der Waals surface area contributed by atoms with E-state index in [-0.39, 0.29) is 0 Å². The van der Waals surface area contributed by atoms with Crippen LogP contribution in [0.3, 0.4) is 0 Å². The zero-order valence-electron chi connectivity index (χ0n) is 9.13. The Hall–Kier alpha value is -1.05. The lowest BCUT2D eigenvalue weighted by Crippen LogP contribution is -2.12. The van der Waals surface area contributed by atoms with E-state index in [1.807, 2.05) is 0 Å². The first kappa shape index (κ1) is 9.50. The van der Waals surface area contributed by atoms with Gasteiger partial charge in [-0.3, -0.25) is 4.98 Å². The molecule has 2 heterocycles. The van der Waals surface area contributed by atoms with Gasteiger partial charge >= 0.3 is 0 Å². The molecule has 0 atom stereocenters. The SMILES string of the molecule is Cc1nc(C(C)C)cc2c1CCCO2. The van der Waals surface area contributed by atoms with E-state index in [2.05, 4.69) is 31.8 Å². The van der Waals surface area contributed by atoms with Gasteiger partial charge in [-0.1, -0.05) is 13.8 Å². The lowest BCUT2D eigenvalue weighted by molar-refractivity contribution is 0.286. The number of nitrogens with zero attached hydrogens (tertiary/aromatic N) is 1. The van der Waals surface area contributed by atoms with Gasteiger partial charge in [0.1, 0.15) is 5.75 Å². The van der Waals surface area contributed by atoms with Crippen LogP contribution in [0, 0.1) is 6.92 Å². The van der Waals surface area contributed by atoms with E-state index < -0.39 is 0 Å². The normalized spacial score (nSPS) is 15.1. The predicted octanol–water partition coefficient (Wildman–Crippen LogP) is 2.84. The van der Waals surface area contributed by atoms with Gasteiger partial charge in [0, 0.05) is 23.0 Å². The summed E-state index contributed by atoms with van der Waals surface area (Å²) in [7, 11) is 0. The molecule has 1 aliphatic heterocycles. The van der Waals surface area contributed by atoms with Crippen molar-refractivity contribution < 1.29 is 4.74 Å². The summed E-state index contributed by atoms with van der Waals surface area (Å²) in [6, 6.07) is 2.10. The van der Waals surface area contributed by atoms with Crippen LogP contribution >= 0.6 is 0 Å². The summed E-state index contributed by atoms with van der Waals surface area (Å²) in [5.74, 6) is 1.54. The largest absolute Gasteiger partial charge is 0.493 e. The van der Waals surface area contributed by atoms with Gasteiger partial charge in [0.05, 0.1) is 6.61 Å². The van der Waals surface area contributed by atoms with Crippen LogP contribution in [0.5, 0.6) is 5.75 Å². The minimum absolute atomic E-state index is 0.476. The zero-order valence-corrected chi connectivity index (χ0v) is 9.13. The molecule has 0 saturated carbocycles. The van der Waals surface area contributed by atoms with Crippen molar-refractivity contribution in [3.8, 4) is 5.75 Å². The Morgan fingerprint density at radius 1 is 1.43 bits per heavy atom. The molecule has 14 heavy (non-hydrogen) atoms. The number of aromatic nitrogens is 1. The Morgan fingerprint density at radius 2 is 2.21 bits per heavy atom. The third-order valence-electron chi connectivity index (χ3n) is 2.73. The molecule has 76 valence electrons. The van der Waals surface area contributed by atoms with E-state index in [9.17, 15) is 0 Å². The van der Waals surface area contributed by atoms with Crippen LogP contribution in [-0.2, 0) is 6.42 Å². The molecule has 0 unspecified atom stereocenters. The van der Waals surface area contributed by atoms with Crippen LogP contribution < -0.4 is 4.74 Å². The maximum Gasteiger partial charge on any atom is 0.126 e. The molecular weight excluding hydrogens is 174 g/mol. The number of hydrogen-bond donors (Lipinski definition) is 0. The van der Waals surface area contributed by atoms with Gasteiger partial charge in [0.15, 0.2) is 0 Å². The smallest absolute Gasteiger partial charge is 0.126 e. The third-order valence-corrected chi connectivity index (χ3v) is 2.73. The molecular formula is C12H17NO. The summed E-state index contributed by atoms with van der Waals surface area (Å²) < 4.78 is 5.66. The molecule has 0 aliphatic carbocycles. The Bertz CT molecular complexity index is 344. The average Bonchev–Trinajstić information content (AvgIpc) is 2.17. The van der Waals surface area contributed by atoms with Crippen molar-refractivity contribution in [3.63, 3.8) is 0 Å². The second-order valence-corrected chi connectivity index (χ2v) is 4.22. The highest BCUT2D eigenvalue weighted by molar-refractivity contribution is 5.39. The number of rotatable bonds is 1. The number of ether oxygens (including phenoxy) is 1. The van der Waals surface area contributed by atoms with Gasteiger partial charge < -0.3 is 4.74 Å². The van der Waals surface area contributed by atoms with Crippen LogP contribution in [0.25, 0.3) is 0 Å². The molecule has 0 saturated heterocycles. The molecule has 2 nitrogen and oxygen atoms in total. The molecule has 0 amide bonds. The second-order valence-electron chi connectivity index (χ2n) is 4.22. The van der Waals surface area contributed by atoms with Crippen LogP contribution in [-0.4, -0.2) is 11.6 Å². The standard InChI is InChI=1S/C12H17NO/c1-8(2)11-7-12-10(9(3)13-11)5-4-6-14-12/h7-8H,4-6H2,1-3H3. The van der Waals surface area contributed by atoms with Crippen LogP contribution in [0.15, 0.2) is 6.07 Å². The molecule has 2 rings (SSSR count). The first-order valence-electron chi connectivity index (χ1n) is 5.31. The molecule has 2 heteroatoms. The summed E-state index contributed by atoms with van der Waals surface area (Å²) >= 11 is 0. The fraction of sp³-hybridized carbons (Fsp3) is 0.583. The summed E-state index contributed by atoms with van der Waals surface area (Å²) in [5, 5.41) is 0. The lowest BCUT2D eigenvalue weighted by atomic mass is 10.0. The Labute approximate surface area is 85.3 Å². The molecule has 0 radical (unpaired) electrons. The first-order valence-corrected chi connectivity index (χ1v) is 5.31. The van der Waals surface area contributed by atoms with Gasteiger partial charge in [-0.15, -0.1) is 0 Å². The van der Waals surface area contributed by atoms with Gasteiger partial charge in [-0.2, -0.15) is 0 Å². The van der Waals surface area contributed by atoms with Crippen molar-refractivity contribution in [2.75, 3.05) is 6.61 Å². The number of fused-ring (bicyclic) bond motifs is 1. The van der Waals surface area contributed by atoms with E-state index >= 15 is 0 Å². The molecule has 0 N–H and O–H groups in total. The van der Waals surface area contributed by atoms with Crippen molar-refractivity contribution in [3.05, 3.63) is 23.0 Å². The topological polar surface area (TPSA) is 22.1 Å². The molecule has 1 aromatic rings. The van der Waals surface area contributed by atoms with Crippen LogP contribution in [0.1, 0.15) is 43.1 Å². The highest BCUT2D eigenvalue weighted by atomic mass is 16.5. The molecule has 1 aliphatic rings. The molecule has 1 aromatic heterocycles. The third kappa shape index (κ3) is 1.61. The minimum atomic E-state index is 0.476. The lowest BCUT2D eigenvalue weighted by Gasteiger charge is -2.20. The fourth-order valence-corrected chi connectivity index (χ4v) is 1.85. The van der Waals surface area contributed by atoms with E-state index in [4.69, 9.17) is 4.74 Å². The number of hydrogen-bond acceptors (Lipinski definition) is 2. The monoisotopic (exact) mass is 191 g/mol. The molecule has 0 bridgehead atoms. The van der Waals surface area contributed by atoms with Crippen molar-refractivity contribution in [1.29, 1.82) is 0 Å². The van der Waals surface area contributed by atoms with Crippen LogP contribution in [0.2, 0.25) is 0 Å². The molecule has 0 aromatic carbocycles. The predicted molar refractivity (Wildman–Crippen MR) is 56.9 cm³/mol.